The molecule has 1 saturated heterocycles. The van der Waals surface area contributed by atoms with Crippen molar-refractivity contribution < 1.29 is 38.8 Å². The number of methoxy groups -OCH3 is 1. The van der Waals surface area contributed by atoms with Crippen LogP contribution in [0.15, 0.2) is 30.3 Å². The quantitative estimate of drug-likeness (QED) is 0.654. The summed E-state index contributed by atoms with van der Waals surface area (Å²) < 4.78 is 15.8. The van der Waals surface area contributed by atoms with Gasteiger partial charge in [0.15, 0.2) is 11.5 Å². The highest BCUT2D eigenvalue weighted by Crippen LogP contribution is 2.40. The Hall–Kier alpha value is -3.73. The maximum absolute atomic E-state index is 12.5. The summed E-state index contributed by atoms with van der Waals surface area (Å²) in [5.41, 5.74) is -0.892. The van der Waals surface area contributed by atoms with Gasteiger partial charge in [0.1, 0.15) is 6.04 Å². The topological polar surface area (TPSA) is 148 Å². The van der Waals surface area contributed by atoms with Crippen molar-refractivity contribution >= 4 is 18.0 Å². The third-order valence-electron chi connectivity index (χ3n) is 5.06. The molecule has 11 heteroatoms. The fourth-order valence-electron chi connectivity index (χ4n) is 3.53. The Bertz CT molecular complexity index is 1050. The number of hydrogen-bond donors (Lipinski definition) is 2. The molecule has 2 heterocycles. The molecule has 1 fully saturated rings. The van der Waals surface area contributed by atoms with Crippen molar-refractivity contribution in [1.29, 1.82) is 0 Å². The summed E-state index contributed by atoms with van der Waals surface area (Å²) >= 11 is 0. The zero-order valence-corrected chi connectivity index (χ0v) is 18.6. The van der Waals surface area contributed by atoms with Crippen molar-refractivity contribution in [1.82, 2.24) is 14.9 Å². The molecular weight excluding hydrogens is 434 g/mol. The van der Waals surface area contributed by atoms with E-state index in [0.29, 0.717) is 0 Å². The molecule has 1 aliphatic heterocycles. The number of rotatable bonds is 4. The number of carboxylic acid groups (broad SMARTS) is 1. The number of amides is 1. The minimum Gasteiger partial charge on any atom is -0.491 e. The lowest BCUT2D eigenvalue weighted by Gasteiger charge is -2.44. The molecule has 0 radical (unpaired) electrons. The first-order valence-electron chi connectivity index (χ1n) is 10.1. The standard InChI is InChI=1S/C22H25N3O8/c1-22(2,3)16-14(25(21(29)30)10-11-32-16)17-23-13(20(28)31-4)15(18(26)24-17)33-19(27)12-8-6-5-7-9-12/h5-9,14,16H,10-11H2,1-4H3,(H,29,30)(H,23,24,26). The van der Waals surface area contributed by atoms with Gasteiger partial charge in [-0.1, -0.05) is 39.0 Å². The molecule has 11 nitrogen and oxygen atoms in total. The number of carbonyl (C=O) groups excluding carboxylic acids is 2. The Balaban J connectivity index is 2.11. The van der Waals surface area contributed by atoms with Crippen molar-refractivity contribution in [2.24, 2.45) is 5.41 Å². The zero-order valence-electron chi connectivity index (χ0n) is 18.6. The summed E-state index contributed by atoms with van der Waals surface area (Å²) in [5.74, 6) is -3.45. The van der Waals surface area contributed by atoms with Gasteiger partial charge in [-0.2, -0.15) is 4.98 Å². The molecule has 2 aromatic rings. The van der Waals surface area contributed by atoms with E-state index in [-0.39, 0.29) is 24.5 Å². The molecule has 1 aromatic heterocycles. The van der Waals surface area contributed by atoms with Gasteiger partial charge in [0, 0.05) is 6.54 Å². The summed E-state index contributed by atoms with van der Waals surface area (Å²) in [4.78, 5) is 46.1. The highest BCUT2D eigenvalue weighted by Gasteiger charge is 2.45. The van der Waals surface area contributed by atoms with Crippen LogP contribution in [0, 0.1) is 5.41 Å². The maximum atomic E-state index is 12.5. The lowest BCUT2D eigenvalue weighted by molar-refractivity contribution is -0.112. The Kier molecular flexibility index (Phi) is 6.82. The molecule has 2 N–H and O–H groups in total. The Labute approximate surface area is 189 Å². The first kappa shape index (κ1) is 23.9. The van der Waals surface area contributed by atoms with Gasteiger partial charge in [-0.15, -0.1) is 0 Å². The SMILES string of the molecule is COC(=O)c1nc(C2C(C(C)(C)C)OCCN2C(=O)O)nc(O)c1OC(=O)c1ccccc1. The molecule has 1 aliphatic rings. The van der Waals surface area contributed by atoms with Crippen LogP contribution in [0.2, 0.25) is 0 Å². The van der Waals surface area contributed by atoms with E-state index in [2.05, 4.69) is 9.97 Å². The van der Waals surface area contributed by atoms with Crippen LogP contribution in [0.3, 0.4) is 0 Å². The van der Waals surface area contributed by atoms with Crippen molar-refractivity contribution in [3.8, 4) is 11.6 Å². The molecule has 33 heavy (non-hydrogen) atoms. The lowest BCUT2D eigenvalue weighted by atomic mass is 9.82. The number of ether oxygens (including phenoxy) is 3. The Morgan fingerprint density at radius 3 is 2.36 bits per heavy atom. The Morgan fingerprint density at radius 2 is 1.79 bits per heavy atom. The first-order valence-corrected chi connectivity index (χ1v) is 10.1. The highest BCUT2D eigenvalue weighted by molar-refractivity contribution is 5.95. The summed E-state index contributed by atoms with van der Waals surface area (Å²) in [7, 11) is 1.09. The van der Waals surface area contributed by atoms with E-state index >= 15 is 0 Å². The number of aromatic nitrogens is 2. The van der Waals surface area contributed by atoms with Crippen LogP contribution in [0.1, 0.15) is 53.5 Å². The molecule has 0 saturated carbocycles. The average molecular weight is 459 g/mol. The van der Waals surface area contributed by atoms with Crippen LogP contribution < -0.4 is 4.74 Å². The number of hydrogen-bond acceptors (Lipinski definition) is 9. The molecule has 1 aromatic carbocycles. The maximum Gasteiger partial charge on any atom is 0.408 e. The van der Waals surface area contributed by atoms with Crippen LogP contribution in [-0.4, -0.2) is 69.5 Å². The zero-order chi connectivity index (χ0) is 24.3. The molecule has 3 rings (SSSR count). The van der Waals surface area contributed by atoms with Crippen LogP contribution in [0.4, 0.5) is 4.79 Å². The van der Waals surface area contributed by atoms with E-state index < -0.39 is 52.9 Å². The molecular formula is C22H25N3O8. The summed E-state index contributed by atoms with van der Waals surface area (Å²) in [6.07, 6.45) is -1.93. The van der Waals surface area contributed by atoms with Gasteiger partial charge in [0.25, 0.3) is 5.88 Å². The van der Waals surface area contributed by atoms with Crippen LogP contribution in [0.5, 0.6) is 11.6 Å². The van der Waals surface area contributed by atoms with E-state index in [4.69, 9.17) is 14.2 Å². The molecule has 2 atom stereocenters. The molecule has 2 unspecified atom stereocenters. The predicted molar refractivity (Wildman–Crippen MR) is 113 cm³/mol. The number of benzene rings is 1. The van der Waals surface area contributed by atoms with E-state index in [1.54, 1.807) is 18.2 Å². The number of esters is 2. The molecule has 176 valence electrons. The molecule has 1 amide bonds. The van der Waals surface area contributed by atoms with Gasteiger partial charge in [0.05, 0.1) is 25.4 Å². The van der Waals surface area contributed by atoms with Crippen LogP contribution >= 0.6 is 0 Å². The molecule has 0 aliphatic carbocycles. The second-order valence-corrected chi connectivity index (χ2v) is 8.41. The second-order valence-electron chi connectivity index (χ2n) is 8.41. The van der Waals surface area contributed by atoms with E-state index in [0.717, 1.165) is 12.0 Å². The van der Waals surface area contributed by atoms with Crippen molar-refractivity contribution in [2.75, 3.05) is 20.3 Å². The third-order valence-corrected chi connectivity index (χ3v) is 5.06. The first-order chi connectivity index (χ1) is 15.5. The monoisotopic (exact) mass is 459 g/mol. The van der Waals surface area contributed by atoms with Gasteiger partial charge >= 0.3 is 18.0 Å². The smallest absolute Gasteiger partial charge is 0.408 e. The van der Waals surface area contributed by atoms with Crippen molar-refractivity contribution in [2.45, 2.75) is 32.9 Å². The van der Waals surface area contributed by atoms with Gasteiger partial charge in [-0.3, -0.25) is 4.90 Å². The van der Waals surface area contributed by atoms with Gasteiger partial charge < -0.3 is 24.4 Å². The van der Waals surface area contributed by atoms with E-state index in [9.17, 15) is 24.6 Å². The second kappa shape index (κ2) is 9.41. The van der Waals surface area contributed by atoms with Gasteiger partial charge in [0.2, 0.25) is 5.75 Å². The lowest BCUT2D eigenvalue weighted by Crippen LogP contribution is -2.52. The Morgan fingerprint density at radius 1 is 1.12 bits per heavy atom. The number of morpholine rings is 1. The molecule has 0 spiro atoms. The number of nitrogens with zero attached hydrogens (tertiary/aromatic N) is 3. The highest BCUT2D eigenvalue weighted by atomic mass is 16.6. The summed E-state index contributed by atoms with van der Waals surface area (Å²) in [6.45, 7) is 5.76. The van der Waals surface area contributed by atoms with E-state index in [1.807, 2.05) is 20.8 Å². The van der Waals surface area contributed by atoms with Gasteiger partial charge in [-0.25, -0.2) is 19.4 Å². The van der Waals surface area contributed by atoms with Crippen molar-refractivity contribution in [3.05, 3.63) is 47.4 Å². The summed E-state index contributed by atoms with van der Waals surface area (Å²) in [6, 6.07) is 6.89. The van der Waals surface area contributed by atoms with Gasteiger partial charge in [-0.05, 0) is 17.5 Å². The van der Waals surface area contributed by atoms with Crippen LogP contribution in [-0.2, 0) is 9.47 Å². The minimum atomic E-state index is -1.24. The largest absolute Gasteiger partial charge is 0.491 e. The fraction of sp³-hybridized carbons (Fsp3) is 0.409. The van der Waals surface area contributed by atoms with Crippen LogP contribution in [0.25, 0.3) is 0 Å². The number of carbonyl (C=O) groups is 3. The summed E-state index contributed by atoms with van der Waals surface area (Å²) in [5, 5.41) is 20.4. The fourth-order valence-corrected chi connectivity index (χ4v) is 3.53. The number of aromatic hydroxyl groups is 1. The third kappa shape index (κ3) is 5.03. The van der Waals surface area contributed by atoms with E-state index in [1.165, 1.54) is 12.1 Å². The predicted octanol–water partition coefficient (Wildman–Crippen LogP) is 2.65. The normalized spacial score (nSPS) is 18.5. The van der Waals surface area contributed by atoms with Crippen molar-refractivity contribution in [3.63, 3.8) is 0 Å². The average Bonchev–Trinajstić information content (AvgIpc) is 2.79. The molecule has 0 bridgehead atoms. The minimum absolute atomic E-state index is 0.0367.